The zero-order valence-electron chi connectivity index (χ0n) is 12.0. The van der Waals surface area contributed by atoms with Crippen molar-refractivity contribution in [2.24, 2.45) is 5.73 Å². The largest absolute Gasteiger partial charge is 0.398 e. The number of rotatable bonds is 7. The van der Waals surface area contributed by atoms with Crippen molar-refractivity contribution >= 4 is 13.5 Å². The molecule has 4 heteroatoms. The zero-order valence-corrected chi connectivity index (χ0v) is 12.0. The third-order valence-corrected chi connectivity index (χ3v) is 3.44. The van der Waals surface area contributed by atoms with Gasteiger partial charge in [-0.25, -0.2) is 0 Å². The molecule has 0 aromatic heterocycles. The first-order valence-corrected chi connectivity index (χ1v) is 7.05. The molecule has 1 aromatic carbocycles. The van der Waals surface area contributed by atoms with Gasteiger partial charge in [0.1, 0.15) is 0 Å². The molecule has 19 heavy (non-hydrogen) atoms. The smallest absolute Gasteiger partial charge is 0.0782 e. The summed E-state index contributed by atoms with van der Waals surface area (Å²) in [6.07, 6.45) is 3.16. The molecule has 3 nitrogen and oxygen atoms in total. The van der Waals surface area contributed by atoms with Gasteiger partial charge in [0.2, 0.25) is 0 Å². The van der Waals surface area contributed by atoms with Crippen molar-refractivity contribution in [1.29, 1.82) is 0 Å². The molecule has 0 bridgehead atoms. The zero-order chi connectivity index (χ0) is 14.4. The lowest BCUT2D eigenvalue weighted by Crippen LogP contribution is -2.17. The van der Waals surface area contributed by atoms with Gasteiger partial charge >= 0.3 is 0 Å². The number of hydrogen-bond donors (Lipinski definition) is 3. The Balaban J connectivity index is 3.09. The number of anilines is 1. The van der Waals surface area contributed by atoms with E-state index in [1.54, 1.807) is 6.92 Å². The van der Waals surface area contributed by atoms with Crippen LogP contribution in [0.3, 0.4) is 0 Å². The first-order valence-electron chi connectivity index (χ1n) is 7.05. The van der Waals surface area contributed by atoms with Crippen LogP contribution in [0.2, 0.25) is 0 Å². The monoisotopic (exact) mass is 260 g/mol. The van der Waals surface area contributed by atoms with Gasteiger partial charge in [-0.1, -0.05) is 25.5 Å². The Labute approximate surface area is 117 Å². The molecule has 0 saturated carbocycles. The van der Waals surface area contributed by atoms with Crippen molar-refractivity contribution in [3.05, 3.63) is 28.8 Å². The minimum Gasteiger partial charge on any atom is -0.398 e. The normalized spacial score (nSPS) is 14.3. The second-order valence-electron chi connectivity index (χ2n) is 5.19. The van der Waals surface area contributed by atoms with Gasteiger partial charge in [-0.05, 0) is 55.2 Å². The molecule has 0 aliphatic heterocycles. The molecule has 0 aliphatic rings. The Morgan fingerprint density at radius 3 is 2.42 bits per heavy atom. The van der Waals surface area contributed by atoms with Gasteiger partial charge in [0.25, 0.3) is 0 Å². The van der Waals surface area contributed by atoms with Crippen LogP contribution in [-0.2, 0) is 12.8 Å². The Kier molecular flexibility index (Phi) is 6.39. The van der Waals surface area contributed by atoms with E-state index < -0.39 is 0 Å². The van der Waals surface area contributed by atoms with Crippen LogP contribution in [0.5, 0.6) is 0 Å². The molecule has 0 spiro atoms. The molecule has 1 rings (SSSR count). The van der Waals surface area contributed by atoms with Crippen molar-refractivity contribution < 1.29 is 5.11 Å². The summed E-state index contributed by atoms with van der Waals surface area (Å²) in [7, 11) is 6.10. The van der Waals surface area contributed by atoms with Crippen molar-refractivity contribution in [2.75, 3.05) is 12.3 Å². The number of aryl methyl sites for hydroxylation is 2. The fraction of sp³-hybridized carbons (Fsp3) is 0.600. The molecule has 2 radical (unpaired) electrons. The predicted octanol–water partition coefficient (Wildman–Crippen LogP) is 1.70. The number of hydrogen-bond acceptors (Lipinski definition) is 3. The Bertz CT molecular complexity index is 407. The molecule has 1 aromatic rings. The van der Waals surface area contributed by atoms with Crippen LogP contribution in [0.1, 0.15) is 49.2 Å². The molecule has 0 saturated heterocycles. The summed E-state index contributed by atoms with van der Waals surface area (Å²) in [5.41, 5.74) is 15.9. The summed E-state index contributed by atoms with van der Waals surface area (Å²) >= 11 is 0. The number of nitrogen functional groups attached to an aromatic ring is 1. The first kappa shape index (κ1) is 16.1. The van der Waals surface area contributed by atoms with Crippen LogP contribution in [0, 0.1) is 0 Å². The fourth-order valence-electron chi connectivity index (χ4n) is 2.35. The van der Waals surface area contributed by atoms with E-state index in [1.165, 1.54) is 5.56 Å². The topological polar surface area (TPSA) is 72.3 Å². The molecule has 0 amide bonds. The Morgan fingerprint density at radius 1 is 1.26 bits per heavy atom. The lowest BCUT2D eigenvalue weighted by atomic mass is 9.76. The molecular formula is C15H25BN2O. The van der Waals surface area contributed by atoms with Crippen molar-refractivity contribution in [3.8, 4) is 0 Å². The standard InChI is InChI=1S/C15H25BN2O/c1-3-4-11-7-8-12(6-5-10(2)19)15(18)14(11)13(16)9-17/h7-8,10,13,19H,3-6,9,17-18H2,1-2H3. The van der Waals surface area contributed by atoms with E-state index in [4.69, 9.17) is 19.3 Å². The summed E-state index contributed by atoms with van der Waals surface area (Å²) < 4.78 is 0. The summed E-state index contributed by atoms with van der Waals surface area (Å²) in [6, 6.07) is 4.15. The molecule has 104 valence electrons. The number of nitrogens with two attached hydrogens (primary N) is 2. The van der Waals surface area contributed by atoms with Crippen LogP contribution >= 0.6 is 0 Å². The highest BCUT2D eigenvalue weighted by molar-refractivity contribution is 6.13. The number of aliphatic hydroxyl groups is 1. The third kappa shape index (κ3) is 4.25. The van der Waals surface area contributed by atoms with Gasteiger partial charge in [-0.15, -0.1) is 0 Å². The Hall–Kier alpha value is -0.995. The van der Waals surface area contributed by atoms with E-state index in [9.17, 15) is 5.11 Å². The predicted molar refractivity (Wildman–Crippen MR) is 82.4 cm³/mol. The lowest BCUT2D eigenvalue weighted by molar-refractivity contribution is 0.185. The quantitative estimate of drug-likeness (QED) is 0.516. The molecule has 0 heterocycles. The average molecular weight is 260 g/mol. The third-order valence-electron chi connectivity index (χ3n) is 3.44. The number of aliphatic hydroxyl groups excluding tert-OH is 1. The Morgan fingerprint density at radius 2 is 1.89 bits per heavy atom. The van der Waals surface area contributed by atoms with Crippen LogP contribution in [-0.4, -0.2) is 25.6 Å². The van der Waals surface area contributed by atoms with Crippen LogP contribution in [0.4, 0.5) is 5.69 Å². The summed E-state index contributed by atoms with van der Waals surface area (Å²) in [5.74, 6) is -0.215. The van der Waals surface area contributed by atoms with Crippen LogP contribution in [0.25, 0.3) is 0 Å². The van der Waals surface area contributed by atoms with Crippen LogP contribution in [0.15, 0.2) is 12.1 Å². The van der Waals surface area contributed by atoms with Crippen molar-refractivity contribution in [2.45, 2.75) is 51.5 Å². The minimum atomic E-state index is -0.318. The van der Waals surface area contributed by atoms with E-state index >= 15 is 0 Å². The van der Waals surface area contributed by atoms with Gasteiger partial charge in [0.05, 0.1) is 14.0 Å². The maximum Gasteiger partial charge on any atom is 0.0782 e. The van der Waals surface area contributed by atoms with Gasteiger partial charge in [0, 0.05) is 5.69 Å². The highest BCUT2D eigenvalue weighted by Gasteiger charge is 2.15. The maximum absolute atomic E-state index is 9.38. The molecule has 0 aliphatic carbocycles. The van der Waals surface area contributed by atoms with Gasteiger partial charge in [0.15, 0.2) is 0 Å². The highest BCUT2D eigenvalue weighted by atomic mass is 16.3. The van der Waals surface area contributed by atoms with Gasteiger partial charge in [-0.2, -0.15) is 0 Å². The van der Waals surface area contributed by atoms with Crippen LogP contribution < -0.4 is 11.5 Å². The van der Waals surface area contributed by atoms with E-state index in [-0.39, 0.29) is 11.9 Å². The molecule has 5 N–H and O–H groups in total. The van der Waals surface area contributed by atoms with Gasteiger partial charge in [-0.3, -0.25) is 0 Å². The molecule has 2 atom stereocenters. The van der Waals surface area contributed by atoms with Crippen molar-refractivity contribution in [1.82, 2.24) is 0 Å². The summed E-state index contributed by atoms with van der Waals surface area (Å²) in [6.45, 7) is 4.31. The van der Waals surface area contributed by atoms with E-state index in [1.807, 2.05) is 0 Å². The lowest BCUT2D eigenvalue weighted by Gasteiger charge is -2.21. The SMILES string of the molecule is [B]C(CN)c1c(CCC)ccc(CCC(C)O)c1N. The second-order valence-corrected chi connectivity index (χ2v) is 5.19. The van der Waals surface area contributed by atoms with Gasteiger partial charge < -0.3 is 16.6 Å². The van der Waals surface area contributed by atoms with E-state index in [2.05, 4.69) is 19.1 Å². The molecule has 2 unspecified atom stereocenters. The molecule has 0 fully saturated rings. The fourth-order valence-corrected chi connectivity index (χ4v) is 2.35. The summed E-state index contributed by atoms with van der Waals surface area (Å²) in [5, 5.41) is 9.38. The van der Waals surface area contributed by atoms with Crippen molar-refractivity contribution in [3.63, 3.8) is 0 Å². The number of benzene rings is 1. The maximum atomic E-state index is 9.38. The summed E-state index contributed by atoms with van der Waals surface area (Å²) in [4.78, 5) is 0. The second kappa shape index (κ2) is 7.56. The first-order chi connectivity index (χ1) is 9.01. The highest BCUT2D eigenvalue weighted by Crippen LogP contribution is 2.29. The van der Waals surface area contributed by atoms with E-state index in [0.29, 0.717) is 13.0 Å². The average Bonchev–Trinajstić information content (AvgIpc) is 2.37. The molecular weight excluding hydrogens is 235 g/mol. The van der Waals surface area contributed by atoms with E-state index in [0.717, 1.165) is 36.1 Å². The minimum absolute atomic E-state index is 0.215.